The van der Waals surface area contributed by atoms with Crippen molar-refractivity contribution in [3.63, 3.8) is 0 Å². The molecule has 1 aliphatic rings. The van der Waals surface area contributed by atoms with Gasteiger partial charge in [-0.1, -0.05) is 6.07 Å². The summed E-state index contributed by atoms with van der Waals surface area (Å²) in [5.41, 5.74) is 3.56. The molecule has 5 rings (SSSR count). The highest BCUT2D eigenvalue weighted by molar-refractivity contribution is 6.04. The van der Waals surface area contributed by atoms with Crippen LogP contribution >= 0.6 is 0 Å². The third kappa shape index (κ3) is 5.46. The highest BCUT2D eigenvalue weighted by Gasteiger charge is 2.33. The number of aryl methyl sites for hydroxylation is 1. The number of nitrogens with one attached hydrogen (secondary N) is 1. The lowest BCUT2D eigenvalue weighted by Gasteiger charge is -2.28. The first kappa shape index (κ1) is 24.4. The largest absolute Gasteiger partial charge is 0.433 e. The summed E-state index contributed by atoms with van der Waals surface area (Å²) in [6.07, 6.45) is 3.54. The van der Waals surface area contributed by atoms with Crippen molar-refractivity contribution in [2.75, 3.05) is 36.5 Å². The fourth-order valence-electron chi connectivity index (χ4n) is 4.05. The van der Waals surface area contributed by atoms with Crippen molar-refractivity contribution in [1.82, 2.24) is 19.7 Å². The van der Waals surface area contributed by atoms with Gasteiger partial charge in [0.25, 0.3) is 5.91 Å². The quantitative estimate of drug-likeness (QED) is 0.419. The molecule has 3 aromatic heterocycles. The van der Waals surface area contributed by atoms with Gasteiger partial charge >= 0.3 is 6.18 Å². The first-order valence-electron chi connectivity index (χ1n) is 11.6. The molecule has 190 valence electrons. The summed E-state index contributed by atoms with van der Waals surface area (Å²) in [6.45, 7) is 4.87. The smallest absolute Gasteiger partial charge is 0.378 e. The molecule has 0 atom stereocenters. The second-order valence-electron chi connectivity index (χ2n) is 8.59. The number of hydrogen-bond donors (Lipinski definition) is 1. The van der Waals surface area contributed by atoms with Gasteiger partial charge < -0.3 is 15.0 Å². The molecule has 0 aliphatic carbocycles. The molecule has 1 amide bonds. The number of ether oxygens (including phenoxy) is 1. The predicted molar refractivity (Wildman–Crippen MR) is 132 cm³/mol. The highest BCUT2D eigenvalue weighted by atomic mass is 19.4. The number of pyridine rings is 2. The Morgan fingerprint density at radius 3 is 2.62 bits per heavy atom. The van der Waals surface area contributed by atoms with E-state index < -0.39 is 17.8 Å². The molecule has 8 nitrogen and oxygen atoms in total. The molecule has 0 saturated carbocycles. The Kier molecular flexibility index (Phi) is 6.62. The van der Waals surface area contributed by atoms with Crippen LogP contribution < -0.4 is 10.2 Å². The van der Waals surface area contributed by atoms with Crippen LogP contribution in [0.2, 0.25) is 0 Å². The van der Waals surface area contributed by atoms with E-state index >= 15 is 0 Å². The van der Waals surface area contributed by atoms with Gasteiger partial charge in [-0.25, -0.2) is 4.68 Å². The molecule has 0 unspecified atom stereocenters. The minimum atomic E-state index is -4.64. The second-order valence-corrected chi connectivity index (χ2v) is 8.59. The van der Waals surface area contributed by atoms with Gasteiger partial charge in [0.05, 0.1) is 37.0 Å². The lowest BCUT2D eigenvalue weighted by Crippen LogP contribution is -2.36. The minimum Gasteiger partial charge on any atom is -0.378 e. The molecule has 4 heterocycles. The molecule has 1 fully saturated rings. The van der Waals surface area contributed by atoms with E-state index in [1.165, 1.54) is 6.07 Å². The van der Waals surface area contributed by atoms with E-state index in [1.807, 2.05) is 19.3 Å². The topological polar surface area (TPSA) is 85.2 Å². The first-order chi connectivity index (χ1) is 17.8. The van der Waals surface area contributed by atoms with E-state index in [4.69, 9.17) is 4.74 Å². The molecule has 0 radical (unpaired) electrons. The van der Waals surface area contributed by atoms with Crippen LogP contribution in [0.15, 0.2) is 67.4 Å². The van der Waals surface area contributed by atoms with E-state index in [0.717, 1.165) is 47.7 Å². The molecule has 1 saturated heterocycles. The number of benzene rings is 1. The Morgan fingerprint density at radius 2 is 1.84 bits per heavy atom. The molecular weight excluding hydrogens is 485 g/mol. The maximum atomic E-state index is 13.0. The lowest BCUT2D eigenvalue weighted by atomic mass is 10.1. The van der Waals surface area contributed by atoms with E-state index in [1.54, 1.807) is 35.3 Å². The molecule has 4 aromatic rings. The zero-order chi connectivity index (χ0) is 26.0. The van der Waals surface area contributed by atoms with Crippen molar-refractivity contribution >= 4 is 17.3 Å². The lowest BCUT2D eigenvalue weighted by molar-refractivity contribution is -0.141. The van der Waals surface area contributed by atoms with Crippen molar-refractivity contribution in [2.24, 2.45) is 0 Å². The Hall–Kier alpha value is -4.25. The van der Waals surface area contributed by atoms with Gasteiger partial charge in [0.1, 0.15) is 5.69 Å². The van der Waals surface area contributed by atoms with Gasteiger partial charge in [-0.05, 0) is 42.8 Å². The maximum absolute atomic E-state index is 13.0. The summed E-state index contributed by atoms with van der Waals surface area (Å²) in [4.78, 5) is 22.5. The Labute approximate surface area is 210 Å². The van der Waals surface area contributed by atoms with Crippen LogP contribution in [0.1, 0.15) is 21.6 Å². The Morgan fingerprint density at radius 1 is 1.03 bits per heavy atom. The number of morpholine rings is 1. The number of nitrogens with zero attached hydrogens (tertiary/aromatic N) is 5. The normalized spacial score (nSPS) is 14.0. The highest BCUT2D eigenvalue weighted by Crippen LogP contribution is 2.29. The van der Waals surface area contributed by atoms with Crippen LogP contribution in [0.4, 0.5) is 24.5 Å². The van der Waals surface area contributed by atoms with Gasteiger partial charge in [0.2, 0.25) is 0 Å². The summed E-state index contributed by atoms with van der Waals surface area (Å²) in [7, 11) is 0. The average Bonchev–Trinajstić information content (AvgIpc) is 3.40. The number of carbonyl (C=O) groups is 1. The maximum Gasteiger partial charge on any atom is 0.433 e. The molecule has 11 heteroatoms. The van der Waals surface area contributed by atoms with Crippen LogP contribution in [-0.4, -0.2) is 52.0 Å². The van der Waals surface area contributed by atoms with Crippen LogP contribution in [0.3, 0.4) is 0 Å². The van der Waals surface area contributed by atoms with Crippen LogP contribution in [0.5, 0.6) is 0 Å². The summed E-state index contributed by atoms with van der Waals surface area (Å²) >= 11 is 0. The number of aromatic nitrogens is 4. The van der Waals surface area contributed by atoms with Crippen LogP contribution in [-0.2, 0) is 10.9 Å². The van der Waals surface area contributed by atoms with Gasteiger partial charge in [0.15, 0.2) is 0 Å². The van der Waals surface area contributed by atoms with Crippen LogP contribution in [0, 0.1) is 6.92 Å². The summed E-state index contributed by atoms with van der Waals surface area (Å²) in [5, 5.41) is 7.15. The molecule has 1 N–H and O–H groups in total. The van der Waals surface area contributed by atoms with Crippen molar-refractivity contribution < 1.29 is 22.7 Å². The number of carbonyl (C=O) groups excluding carboxylic acids is 1. The zero-order valence-electron chi connectivity index (χ0n) is 19.9. The van der Waals surface area contributed by atoms with Crippen molar-refractivity contribution in [2.45, 2.75) is 13.1 Å². The minimum absolute atomic E-state index is 0.140. The molecular formula is C26H23F3N6O2. The first-order valence-corrected chi connectivity index (χ1v) is 11.6. The molecule has 0 bridgehead atoms. The average molecular weight is 509 g/mol. The zero-order valence-corrected chi connectivity index (χ0v) is 19.9. The standard InChI is InChI=1S/C26H23F3N6O2/c1-17-2-3-21(33-25(36)18-4-5-31-24(11-18)26(27,28)29)12-23(17)35-16-20(14-32-35)19-10-22(15-30-13-19)34-6-8-37-9-7-34/h2-5,10-16H,6-9H2,1H3,(H,33,36). The number of alkyl halides is 3. The number of hydrogen-bond acceptors (Lipinski definition) is 6. The summed E-state index contributed by atoms with van der Waals surface area (Å²) in [5.74, 6) is -0.671. The fraction of sp³-hybridized carbons (Fsp3) is 0.231. The molecule has 1 aromatic carbocycles. The summed E-state index contributed by atoms with van der Waals surface area (Å²) < 4.78 is 46.0. The number of anilines is 2. The Balaban J connectivity index is 1.37. The van der Waals surface area contributed by atoms with Gasteiger partial charge in [-0.15, -0.1) is 0 Å². The third-order valence-electron chi connectivity index (χ3n) is 6.04. The number of amides is 1. The van der Waals surface area contributed by atoms with Crippen molar-refractivity contribution in [1.29, 1.82) is 0 Å². The third-order valence-corrected chi connectivity index (χ3v) is 6.04. The SMILES string of the molecule is Cc1ccc(NC(=O)c2ccnc(C(F)(F)F)c2)cc1-n1cc(-c2cncc(N3CCOCC3)c2)cn1. The number of rotatable bonds is 5. The molecule has 37 heavy (non-hydrogen) atoms. The van der Waals surface area contributed by atoms with E-state index in [2.05, 4.69) is 31.3 Å². The Bertz CT molecular complexity index is 1430. The summed E-state index contributed by atoms with van der Waals surface area (Å²) in [6, 6.07) is 9.23. The molecule has 1 aliphatic heterocycles. The van der Waals surface area contributed by atoms with E-state index in [-0.39, 0.29) is 5.56 Å². The van der Waals surface area contributed by atoms with Crippen molar-refractivity contribution in [3.8, 4) is 16.8 Å². The monoisotopic (exact) mass is 508 g/mol. The van der Waals surface area contributed by atoms with E-state index in [9.17, 15) is 18.0 Å². The fourth-order valence-corrected chi connectivity index (χ4v) is 4.05. The second kappa shape index (κ2) is 10.0. The molecule has 0 spiro atoms. The number of halogens is 3. The predicted octanol–water partition coefficient (Wildman–Crippen LogP) is 4.75. The van der Waals surface area contributed by atoms with Gasteiger partial charge in [-0.2, -0.15) is 18.3 Å². The van der Waals surface area contributed by atoms with E-state index in [0.29, 0.717) is 24.6 Å². The van der Waals surface area contributed by atoms with Gasteiger partial charge in [-0.3, -0.25) is 14.8 Å². The van der Waals surface area contributed by atoms with Gasteiger partial charge in [0, 0.05) is 54.1 Å². The van der Waals surface area contributed by atoms with Crippen LogP contribution in [0.25, 0.3) is 16.8 Å². The van der Waals surface area contributed by atoms with Crippen molar-refractivity contribution in [3.05, 3.63) is 84.2 Å².